The summed E-state index contributed by atoms with van der Waals surface area (Å²) >= 11 is 6.05. The van der Waals surface area contributed by atoms with Crippen molar-refractivity contribution in [1.29, 1.82) is 0 Å². The van der Waals surface area contributed by atoms with Crippen molar-refractivity contribution in [2.24, 2.45) is 0 Å². The standard InChI is InChI=1S/C20H19ClN4O2/c21-15-5-3-4-14(10-15)11-16-12-24-19(27-16)18-6-1-2-9-25(18)20(26)17-13-22-7-8-23-17/h3-5,7-8,10,12-13,18H,1-2,6,9,11H2. The van der Waals surface area contributed by atoms with Crippen LogP contribution in [0.3, 0.4) is 0 Å². The number of aromatic nitrogens is 3. The molecule has 7 heteroatoms. The molecular weight excluding hydrogens is 364 g/mol. The highest BCUT2D eigenvalue weighted by atomic mass is 35.5. The average Bonchev–Trinajstić information content (AvgIpc) is 3.16. The first kappa shape index (κ1) is 17.7. The number of oxazole rings is 1. The van der Waals surface area contributed by atoms with Crippen LogP contribution in [0.2, 0.25) is 5.02 Å². The maximum Gasteiger partial charge on any atom is 0.274 e. The fourth-order valence-electron chi connectivity index (χ4n) is 3.39. The third kappa shape index (κ3) is 4.01. The number of carbonyl (C=O) groups is 1. The summed E-state index contributed by atoms with van der Waals surface area (Å²) in [6.45, 7) is 0.659. The summed E-state index contributed by atoms with van der Waals surface area (Å²) in [5, 5.41) is 0.695. The second-order valence-corrected chi connectivity index (χ2v) is 7.01. The largest absolute Gasteiger partial charge is 0.443 e. The highest BCUT2D eigenvalue weighted by Crippen LogP contribution is 2.32. The molecule has 27 heavy (non-hydrogen) atoms. The van der Waals surface area contributed by atoms with Crippen molar-refractivity contribution in [3.63, 3.8) is 0 Å². The van der Waals surface area contributed by atoms with Crippen LogP contribution in [0.15, 0.2) is 53.5 Å². The Morgan fingerprint density at radius 2 is 2.15 bits per heavy atom. The Morgan fingerprint density at radius 1 is 1.22 bits per heavy atom. The molecule has 0 N–H and O–H groups in total. The lowest BCUT2D eigenvalue weighted by Crippen LogP contribution is -2.39. The number of likely N-dealkylation sites (tertiary alicyclic amines) is 1. The molecule has 0 aliphatic carbocycles. The van der Waals surface area contributed by atoms with Gasteiger partial charge < -0.3 is 9.32 Å². The molecule has 1 aliphatic heterocycles. The minimum absolute atomic E-state index is 0.137. The van der Waals surface area contributed by atoms with Crippen molar-refractivity contribution in [3.05, 3.63) is 77.0 Å². The third-order valence-electron chi connectivity index (χ3n) is 4.67. The number of hydrogen-bond donors (Lipinski definition) is 0. The maximum absolute atomic E-state index is 12.9. The van der Waals surface area contributed by atoms with Gasteiger partial charge in [-0.05, 0) is 37.0 Å². The van der Waals surface area contributed by atoms with E-state index in [1.54, 1.807) is 17.3 Å². The van der Waals surface area contributed by atoms with Crippen molar-refractivity contribution >= 4 is 17.5 Å². The predicted molar refractivity (Wildman–Crippen MR) is 100 cm³/mol. The van der Waals surface area contributed by atoms with Crippen LogP contribution in [0.1, 0.15) is 53.0 Å². The molecule has 0 radical (unpaired) electrons. The molecule has 138 valence electrons. The summed E-state index contributed by atoms with van der Waals surface area (Å²) in [6, 6.07) is 7.49. The molecule has 1 amide bonds. The number of benzene rings is 1. The van der Waals surface area contributed by atoms with E-state index >= 15 is 0 Å². The summed E-state index contributed by atoms with van der Waals surface area (Å²) in [5.41, 5.74) is 1.40. The number of piperidine rings is 1. The SMILES string of the molecule is O=C(c1cnccn1)N1CCCCC1c1ncc(Cc2cccc(Cl)c2)o1. The van der Waals surface area contributed by atoms with E-state index < -0.39 is 0 Å². The van der Waals surface area contributed by atoms with Crippen molar-refractivity contribution < 1.29 is 9.21 Å². The Balaban J connectivity index is 1.54. The molecule has 1 saturated heterocycles. The highest BCUT2D eigenvalue weighted by Gasteiger charge is 2.32. The number of halogens is 1. The van der Waals surface area contributed by atoms with E-state index in [2.05, 4.69) is 15.0 Å². The summed E-state index contributed by atoms with van der Waals surface area (Å²) in [4.78, 5) is 27.2. The number of hydrogen-bond acceptors (Lipinski definition) is 5. The van der Waals surface area contributed by atoms with Crippen LogP contribution in [0, 0.1) is 0 Å². The molecule has 1 aromatic carbocycles. The van der Waals surface area contributed by atoms with Crippen molar-refractivity contribution in [1.82, 2.24) is 19.9 Å². The predicted octanol–water partition coefficient (Wildman–Crippen LogP) is 4.08. The minimum atomic E-state index is -0.179. The molecule has 2 aromatic heterocycles. The molecule has 6 nitrogen and oxygen atoms in total. The van der Waals surface area contributed by atoms with E-state index in [0.717, 1.165) is 30.6 Å². The zero-order valence-electron chi connectivity index (χ0n) is 14.7. The van der Waals surface area contributed by atoms with Gasteiger partial charge in [-0.1, -0.05) is 23.7 Å². The molecule has 1 fully saturated rings. The van der Waals surface area contributed by atoms with Crippen molar-refractivity contribution in [2.75, 3.05) is 6.54 Å². The van der Waals surface area contributed by atoms with Gasteiger partial charge in [-0.2, -0.15) is 0 Å². The lowest BCUT2D eigenvalue weighted by atomic mass is 10.0. The van der Waals surface area contributed by atoms with Crippen LogP contribution in [-0.2, 0) is 6.42 Å². The topological polar surface area (TPSA) is 72.1 Å². The molecule has 1 unspecified atom stereocenters. The van der Waals surface area contributed by atoms with Crippen LogP contribution >= 0.6 is 11.6 Å². The second-order valence-electron chi connectivity index (χ2n) is 6.57. The van der Waals surface area contributed by atoms with Crippen molar-refractivity contribution in [3.8, 4) is 0 Å². The van der Waals surface area contributed by atoms with Gasteiger partial charge >= 0.3 is 0 Å². The van der Waals surface area contributed by atoms with Crippen LogP contribution in [0.25, 0.3) is 0 Å². The number of nitrogens with zero attached hydrogens (tertiary/aromatic N) is 4. The van der Waals surface area contributed by atoms with E-state index in [0.29, 0.717) is 29.6 Å². The van der Waals surface area contributed by atoms with E-state index in [9.17, 15) is 4.79 Å². The van der Waals surface area contributed by atoms with Gasteiger partial charge in [-0.15, -0.1) is 0 Å². The van der Waals surface area contributed by atoms with E-state index in [1.807, 2.05) is 24.3 Å². The van der Waals surface area contributed by atoms with Gasteiger partial charge in [-0.25, -0.2) is 9.97 Å². The average molecular weight is 383 g/mol. The van der Waals surface area contributed by atoms with Gasteiger partial charge in [0.2, 0.25) is 5.89 Å². The number of carbonyl (C=O) groups excluding carboxylic acids is 1. The molecule has 1 atom stereocenters. The van der Waals surface area contributed by atoms with Crippen LogP contribution in [0.5, 0.6) is 0 Å². The molecule has 4 rings (SSSR count). The molecular formula is C20H19ClN4O2. The third-order valence-corrected chi connectivity index (χ3v) is 4.90. The van der Waals surface area contributed by atoms with E-state index in [-0.39, 0.29) is 11.9 Å². The lowest BCUT2D eigenvalue weighted by molar-refractivity contribution is 0.0563. The first-order valence-corrected chi connectivity index (χ1v) is 9.34. The second kappa shape index (κ2) is 7.88. The number of amides is 1. The van der Waals surface area contributed by atoms with E-state index in [1.165, 1.54) is 12.4 Å². The van der Waals surface area contributed by atoms with Crippen molar-refractivity contribution in [2.45, 2.75) is 31.7 Å². The quantitative estimate of drug-likeness (QED) is 0.679. The summed E-state index contributed by atoms with van der Waals surface area (Å²) in [7, 11) is 0. The Labute approximate surface area is 162 Å². The smallest absolute Gasteiger partial charge is 0.274 e. The van der Waals surface area contributed by atoms with E-state index in [4.69, 9.17) is 16.0 Å². The normalized spacial score (nSPS) is 17.1. The van der Waals surface area contributed by atoms with Gasteiger partial charge in [0.25, 0.3) is 5.91 Å². The van der Waals surface area contributed by atoms with Gasteiger partial charge in [0.1, 0.15) is 17.5 Å². The molecule has 0 spiro atoms. The van der Waals surface area contributed by atoms with Gasteiger partial charge in [0.05, 0.1) is 12.4 Å². The molecule has 3 aromatic rings. The first-order chi connectivity index (χ1) is 13.2. The van der Waals surface area contributed by atoms with Crippen LogP contribution in [0.4, 0.5) is 0 Å². The van der Waals surface area contributed by atoms with Gasteiger partial charge in [-0.3, -0.25) is 9.78 Å². The lowest BCUT2D eigenvalue weighted by Gasteiger charge is -2.33. The summed E-state index contributed by atoms with van der Waals surface area (Å²) < 4.78 is 6.00. The summed E-state index contributed by atoms with van der Waals surface area (Å²) in [5.74, 6) is 1.19. The van der Waals surface area contributed by atoms with Crippen LogP contribution in [-0.4, -0.2) is 32.3 Å². The fraction of sp³-hybridized carbons (Fsp3) is 0.300. The zero-order chi connectivity index (χ0) is 18.6. The minimum Gasteiger partial charge on any atom is -0.443 e. The Morgan fingerprint density at radius 3 is 2.96 bits per heavy atom. The molecule has 0 saturated carbocycles. The monoisotopic (exact) mass is 382 g/mol. The first-order valence-electron chi connectivity index (χ1n) is 8.97. The Bertz CT molecular complexity index is 928. The highest BCUT2D eigenvalue weighted by molar-refractivity contribution is 6.30. The maximum atomic E-state index is 12.9. The summed E-state index contributed by atoms with van der Waals surface area (Å²) in [6.07, 6.45) is 9.73. The fourth-order valence-corrected chi connectivity index (χ4v) is 3.61. The number of rotatable bonds is 4. The molecule has 1 aliphatic rings. The molecule has 3 heterocycles. The van der Waals surface area contributed by atoms with Gasteiger partial charge in [0, 0.05) is 30.4 Å². The van der Waals surface area contributed by atoms with Crippen LogP contribution < -0.4 is 0 Å². The molecule has 0 bridgehead atoms. The van der Waals surface area contributed by atoms with Gasteiger partial charge in [0.15, 0.2) is 0 Å². The zero-order valence-corrected chi connectivity index (χ0v) is 15.5. The Hall–Kier alpha value is -2.73. The Kier molecular flexibility index (Phi) is 5.16.